The van der Waals surface area contributed by atoms with Crippen LogP contribution in [0.25, 0.3) is 22.4 Å². The summed E-state index contributed by atoms with van der Waals surface area (Å²) in [5, 5.41) is 0. The number of Topliss-reactive ketones (excluding diaryl/α,β-unsaturated/α-hetero) is 1. The van der Waals surface area contributed by atoms with Gasteiger partial charge in [-0.2, -0.15) is 18.2 Å². The molecule has 0 fully saturated rings. The maximum Gasteiger partial charge on any atom is 0.389 e. The van der Waals surface area contributed by atoms with Gasteiger partial charge in [-0.25, -0.2) is 9.37 Å². The van der Waals surface area contributed by atoms with E-state index in [1.807, 2.05) is 0 Å². The van der Waals surface area contributed by atoms with Crippen molar-refractivity contribution >= 4 is 17.0 Å². The highest BCUT2D eigenvalue weighted by Gasteiger charge is 2.29. The lowest BCUT2D eigenvalue weighted by Gasteiger charge is -2.02. The number of hydrogen-bond acceptors (Lipinski definition) is 4. The van der Waals surface area contributed by atoms with Crippen molar-refractivity contribution < 1.29 is 26.8 Å². The molecule has 0 amide bonds. The quantitative estimate of drug-likeness (QED) is 0.517. The molecule has 0 aliphatic rings. The van der Waals surface area contributed by atoms with E-state index in [1.54, 1.807) is 18.2 Å². The van der Waals surface area contributed by atoms with Gasteiger partial charge in [0.25, 0.3) is 5.89 Å². The third-order valence-corrected chi connectivity index (χ3v) is 3.30. The van der Waals surface area contributed by atoms with Crippen molar-refractivity contribution in [3.8, 4) is 11.1 Å². The van der Waals surface area contributed by atoms with Gasteiger partial charge in [0.1, 0.15) is 5.82 Å². The fourth-order valence-corrected chi connectivity index (χ4v) is 2.10. The van der Waals surface area contributed by atoms with Gasteiger partial charge in [-0.15, -0.1) is 0 Å². The van der Waals surface area contributed by atoms with Crippen LogP contribution in [-0.2, 0) is 0 Å². The standard InChI is InChI=1S/C16H10F4N2O2/c17-11-3-1-9(2-4-11)10-7-13-14(21-8-10)22-15(24-13)12(23)5-6-16(18,19)20/h1-4,7-8H,5-6H2. The molecule has 0 radical (unpaired) electrons. The molecule has 0 aliphatic carbocycles. The summed E-state index contributed by atoms with van der Waals surface area (Å²) in [5.74, 6) is -1.63. The Morgan fingerprint density at radius 3 is 2.50 bits per heavy atom. The number of carbonyl (C=O) groups excluding carboxylic acids is 1. The molecule has 0 unspecified atom stereocenters. The Kier molecular flexibility index (Phi) is 4.04. The molecule has 0 atom stereocenters. The maximum absolute atomic E-state index is 12.9. The highest BCUT2D eigenvalue weighted by Crippen LogP contribution is 2.25. The van der Waals surface area contributed by atoms with Gasteiger partial charge in [-0.05, 0) is 23.8 Å². The van der Waals surface area contributed by atoms with Gasteiger partial charge in [0, 0.05) is 18.2 Å². The first kappa shape index (κ1) is 16.1. The van der Waals surface area contributed by atoms with Crippen LogP contribution in [0.4, 0.5) is 17.6 Å². The van der Waals surface area contributed by atoms with Crippen molar-refractivity contribution in [1.82, 2.24) is 9.97 Å². The molecular weight excluding hydrogens is 328 g/mol. The largest absolute Gasteiger partial charge is 0.432 e. The Bertz CT molecular complexity index is 885. The monoisotopic (exact) mass is 338 g/mol. The zero-order chi connectivity index (χ0) is 17.3. The number of aromatic nitrogens is 2. The predicted molar refractivity (Wildman–Crippen MR) is 76.8 cm³/mol. The van der Waals surface area contributed by atoms with E-state index < -0.39 is 30.7 Å². The summed E-state index contributed by atoms with van der Waals surface area (Å²) in [4.78, 5) is 19.6. The number of nitrogens with zero attached hydrogens (tertiary/aromatic N) is 2. The Hall–Kier alpha value is -2.77. The molecule has 8 heteroatoms. The van der Waals surface area contributed by atoms with Crippen LogP contribution >= 0.6 is 0 Å². The summed E-state index contributed by atoms with van der Waals surface area (Å²) in [6.45, 7) is 0. The molecule has 3 rings (SSSR count). The summed E-state index contributed by atoms with van der Waals surface area (Å²) in [7, 11) is 0. The zero-order valence-electron chi connectivity index (χ0n) is 12.1. The van der Waals surface area contributed by atoms with Crippen LogP contribution in [0.15, 0.2) is 40.9 Å². The molecule has 3 aromatic rings. The van der Waals surface area contributed by atoms with Gasteiger partial charge in [0.15, 0.2) is 11.2 Å². The summed E-state index contributed by atoms with van der Waals surface area (Å²) in [6, 6.07) is 7.20. The Morgan fingerprint density at radius 2 is 1.83 bits per heavy atom. The molecule has 0 saturated carbocycles. The van der Waals surface area contributed by atoms with Gasteiger partial charge in [-0.3, -0.25) is 4.79 Å². The van der Waals surface area contributed by atoms with Crippen LogP contribution in [0.3, 0.4) is 0 Å². The van der Waals surface area contributed by atoms with E-state index in [4.69, 9.17) is 4.42 Å². The number of benzene rings is 1. The first-order valence-electron chi connectivity index (χ1n) is 6.94. The zero-order valence-corrected chi connectivity index (χ0v) is 12.1. The van der Waals surface area contributed by atoms with E-state index in [1.165, 1.54) is 18.3 Å². The van der Waals surface area contributed by atoms with E-state index in [2.05, 4.69) is 9.97 Å². The number of rotatable bonds is 4. The average molecular weight is 338 g/mol. The average Bonchev–Trinajstić information content (AvgIpc) is 2.95. The lowest BCUT2D eigenvalue weighted by Crippen LogP contribution is -2.11. The summed E-state index contributed by atoms with van der Waals surface area (Å²) in [6.07, 6.45) is -4.93. The summed E-state index contributed by atoms with van der Waals surface area (Å²) >= 11 is 0. The minimum absolute atomic E-state index is 0.122. The fourth-order valence-electron chi connectivity index (χ4n) is 2.10. The van der Waals surface area contributed by atoms with Gasteiger partial charge in [0.2, 0.25) is 5.78 Å². The molecule has 0 N–H and O–H groups in total. The minimum atomic E-state index is -4.42. The number of carbonyl (C=O) groups is 1. The summed E-state index contributed by atoms with van der Waals surface area (Å²) in [5.41, 5.74) is 1.57. The summed E-state index contributed by atoms with van der Waals surface area (Å²) < 4.78 is 54.6. The third kappa shape index (κ3) is 3.58. The predicted octanol–water partition coefficient (Wildman–Crippen LogP) is 4.55. The van der Waals surface area contributed by atoms with Crippen molar-refractivity contribution in [1.29, 1.82) is 0 Å². The normalized spacial score (nSPS) is 11.8. The Labute approximate surface area is 133 Å². The molecule has 0 saturated heterocycles. The van der Waals surface area contributed by atoms with E-state index >= 15 is 0 Å². The van der Waals surface area contributed by atoms with Crippen LogP contribution in [0.2, 0.25) is 0 Å². The van der Waals surface area contributed by atoms with Gasteiger partial charge in [-0.1, -0.05) is 12.1 Å². The van der Waals surface area contributed by atoms with Crippen molar-refractivity contribution in [3.05, 3.63) is 48.2 Å². The second kappa shape index (κ2) is 6.03. The van der Waals surface area contributed by atoms with Crippen LogP contribution < -0.4 is 0 Å². The fraction of sp³-hybridized carbons (Fsp3) is 0.188. The van der Waals surface area contributed by atoms with E-state index in [9.17, 15) is 22.4 Å². The molecular formula is C16H10F4N2O2. The molecule has 0 aliphatic heterocycles. The molecule has 2 aromatic heterocycles. The second-order valence-electron chi connectivity index (χ2n) is 5.11. The van der Waals surface area contributed by atoms with Crippen molar-refractivity contribution in [2.75, 3.05) is 0 Å². The molecule has 124 valence electrons. The SMILES string of the molecule is O=C(CCC(F)(F)F)c1nc2ncc(-c3ccc(F)cc3)cc2o1. The molecule has 2 heterocycles. The maximum atomic E-state index is 12.9. The number of pyridine rings is 1. The van der Waals surface area contributed by atoms with Crippen molar-refractivity contribution in [3.63, 3.8) is 0 Å². The molecule has 0 bridgehead atoms. The van der Waals surface area contributed by atoms with Gasteiger partial charge < -0.3 is 4.42 Å². The Balaban J connectivity index is 1.86. The third-order valence-electron chi connectivity index (χ3n) is 3.30. The lowest BCUT2D eigenvalue weighted by atomic mass is 10.1. The second-order valence-corrected chi connectivity index (χ2v) is 5.11. The number of fused-ring (bicyclic) bond motifs is 1. The van der Waals surface area contributed by atoms with E-state index in [0.717, 1.165) is 0 Å². The van der Waals surface area contributed by atoms with Crippen LogP contribution in [0.1, 0.15) is 23.5 Å². The highest BCUT2D eigenvalue weighted by atomic mass is 19.4. The van der Waals surface area contributed by atoms with Crippen molar-refractivity contribution in [2.24, 2.45) is 0 Å². The van der Waals surface area contributed by atoms with Crippen LogP contribution in [0, 0.1) is 5.82 Å². The first-order chi connectivity index (χ1) is 11.3. The van der Waals surface area contributed by atoms with Gasteiger partial charge >= 0.3 is 6.18 Å². The minimum Gasteiger partial charge on any atom is -0.432 e. The van der Waals surface area contributed by atoms with Crippen LogP contribution in [-0.4, -0.2) is 21.9 Å². The van der Waals surface area contributed by atoms with Gasteiger partial charge in [0.05, 0.1) is 6.42 Å². The lowest BCUT2D eigenvalue weighted by molar-refractivity contribution is -0.133. The highest BCUT2D eigenvalue weighted by molar-refractivity contribution is 5.94. The first-order valence-corrected chi connectivity index (χ1v) is 6.94. The topological polar surface area (TPSA) is 56.0 Å². The smallest absolute Gasteiger partial charge is 0.389 e. The Morgan fingerprint density at radius 1 is 1.12 bits per heavy atom. The van der Waals surface area contributed by atoms with Crippen molar-refractivity contribution in [2.45, 2.75) is 19.0 Å². The van der Waals surface area contributed by atoms with E-state index in [-0.39, 0.29) is 17.0 Å². The van der Waals surface area contributed by atoms with E-state index in [0.29, 0.717) is 11.1 Å². The molecule has 0 spiro atoms. The molecule has 24 heavy (non-hydrogen) atoms. The molecule has 4 nitrogen and oxygen atoms in total. The number of halogens is 4. The number of alkyl halides is 3. The number of ketones is 1. The number of hydrogen-bond donors (Lipinski definition) is 0. The van der Waals surface area contributed by atoms with Crippen LogP contribution in [0.5, 0.6) is 0 Å². The number of oxazole rings is 1. The molecule has 1 aromatic carbocycles.